The van der Waals surface area contributed by atoms with Gasteiger partial charge in [0.15, 0.2) is 0 Å². The number of aromatic amines is 1. The third-order valence-electron chi connectivity index (χ3n) is 3.64. The Morgan fingerprint density at radius 1 is 1.32 bits per heavy atom. The zero-order valence-corrected chi connectivity index (χ0v) is 12.6. The maximum Gasteiger partial charge on any atom is 0.303 e. The number of aryl methyl sites for hydroxylation is 1. The van der Waals surface area contributed by atoms with Gasteiger partial charge in [0.2, 0.25) is 0 Å². The SMILES string of the molecule is O=C(O)CCCc1c(-c2cccnc2)[nH]c2ccc(Cl)cc12. The maximum absolute atomic E-state index is 10.8. The van der Waals surface area contributed by atoms with Crippen molar-refractivity contribution in [3.8, 4) is 11.3 Å². The number of rotatable bonds is 5. The number of carboxylic acid groups (broad SMARTS) is 1. The van der Waals surface area contributed by atoms with E-state index in [9.17, 15) is 4.79 Å². The van der Waals surface area contributed by atoms with Gasteiger partial charge in [-0.05, 0) is 48.7 Å². The van der Waals surface area contributed by atoms with Crippen LogP contribution in [-0.4, -0.2) is 21.0 Å². The lowest BCUT2D eigenvalue weighted by Gasteiger charge is -2.04. The molecule has 3 rings (SSSR count). The Kier molecular flexibility index (Phi) is 4.11. The van der Waals surface area contributed by atoms with Gasteiger partial charge in [0.1, 0.15) is 0 Å². The molecule has 0 saturated heterocycles. The van der Waals surface area contributed by atoms with Crippen LogP contribution in [0.3, 0.4) is 0 Å². The van der Waals surface area contributed by atoms with Crippen LogP contribution >= 0.6 is 11.6 Å². The molecule has 0 radical (unpaired) electrons. The molecular formula is C17H15ClN2O2. The summed E-state index contributed by atoms with van der Waals surface area (Å²) in [7, 11) is 0. The van der Waals surface area contributed by atoms with Crippen molar-refractivity contribution in [1.29, 1.82) is 0 Å². The highest BCUT2D eigenvalue weighted by Gasteiger charge is 2.14. The summed E-state index contributed by atoms with van der Waals surface area (Å²) in [5, 5.41) is 10.6. The molecule has 112 valence electrons. The second-order valence-corrected chi connectivity index (χ2v) is 5.59. The number of aromatic nitrogens is 2. The van der Waals surface area contributed by atoms with Gasteiger partial charge in [0.25, 0.3) is 0 Å². The van der Waals surface area contributed by atoms with E-state index in [4.69, 9.17) is 16.7 Å². The molecule has 0 amide bonds. The summed E-state index contributed by atoms with van der Waals surface area (Å²) in [5.74, 6) is -0.777. The summed E-state index contributed by atoms with van der Waals surface area (Å²) in [4.78, 5) is 18.3. The van der Waals surface area contributed by atoms with Crippen LogP contribution in [0, 0.1) is 0 Å². The lowest BCUT2D eigenvalue weighted by molar-refractivity contribution is -0.137. The Morgan fingerprint density at radius 3 is 2.91 bits per heavy atom. The number of nitrogens with one attached hydrogen (secondary N) is 1. The fourth-order valence-electron chi connectivity index (χ4n) is 2.65. The molecule has 0 unspecified atom stereocenters. The summed E-state index contributed by atoms with van der Waals surface area (Å²) in [5.41, 5.74) is 4.05. The number of H-pyrrole nitrogens is 1. The van der Waals surface area contributed by atoms with Crippen molar-refractivity contribution in [1.82, 2.24) is 9.97 Å². The highest BCUT2D eigenvalue weighted by molar-refractivity contribution is 6.31. The van der Waals surface area contributed by atoms with E-state index in [2.05, 4.69) is 9.97 Å². The van der Waals surface area contributed by atoms with E-state index in [1.807, 2.05) is 30.3 Å². The second kappa shape index (κ2) is 6.20. The van der Waals surface area contributed by atoms with Crippen LogP contribution in [0.5, 0.6) is 0 Å². The van der Waals surface area contributed by atoms with Crippen molar-refractivity contribution in [3.63, 3.8) is 0 Å². The van der Waals surface area contributed by atoms with E-state index in [0.717, 1.165) is 27.7 Å². The van der Waals surface area contributed by atoms with Crippen LogP contribution in [0.2, 0.25) is 5.02 Å². The first-order valence-corrected chi connectivity index (χ1v) is 7.45. The van der Waals surface area contributed by atoms with Gasteiger partial charge in [-0.25, -0.2) is 0 Å². The number of benzene rings is 1. The van der Waals surface area contributed by atoms with Gasteiger partial charge < -0.3 is 10.1 Å². The second-order valence-electron chi connectivity index (χ2n) is 5.16. The minimum absolute atomic E-state index is 0.152. The van der Waals surface area contributed by atoms with Gasteiger partial charge in [-0.15, -0.1) is 0 Å². The Bertz CT molecular complexity index is 812. The fourth-order valence-corrected chi connectivity index (χ4v) is 2.83. The summed E-state index contributed by atoms with van der Waals surface area (Å²) < 4.78 is 0. The summed E-state index contributed by atoms with van der Waals surface area (Å²) >= 11 is 6.11. The van der Waals surface area contributed by atoms with Crippen LogP contribution in [0.4, 0.5) is 0 Å². The number of pyridine rings is 1. The van der Waals surface area contributed by atoms with E-state index in [1.165, 1.54) is 0 Å². The average molecular weight is 315 g/mol. The van der Waals surface area contributed by atoms with Crippen molar-refractivity contribution < 1.29 is 9.90 Å². The zero-order chi connectivity index (χ0) is 15.5. The zero-order valence-electron chi connectivity index (χ0n) is 11.8. The number of hydrogen-bond donors (Lipinski definition) is 2. The van der Waals surface area contributed by atoms with Gasteiger partial charge in [0.05, 0.1) is 5.69 Å². The van der Waals surface area contributed by atoms with Gasteiger partial charge >= 0.3 is 5.97 Å². The average Bonchev–Trinajstić information content (AvgIpc) is 2.86. The number of nitrogens with zero attached hydrogens (tertiary/aromatic N) is 1. The monoisotopic (exact) mass is 314 g/mol. The van der Waals surface area contributed by atoms with E-state index in [1.54, 1.807) is 12.4 Å². The smallest absolute Gasteiger partial charge is 0.303 e. The van der Waals surface area contributed by atoms with Crippen molar-refractivity contribution >= 4 is 28.5 Å². The number of carbonyl (C=O) groups is 1. The highest BCUT2D eigenvalue weighted by atomic mass is 35.5. The molecule has 22 heavy (non-hydrogen) atoms. The predicted molar refractivity (Wildman–Crippen MR) is 87.1 cm³/mol. The fraction of sp³-hybridized carbons (Fsp3) is 0.176. The molecule has 0 aliphatic heterocycles. The van der Waals surface area contributed by atoms with Crippen LogP contribution < -0.4 is 0 Å². The van der Waals surface area contributed by atoms with Crippen LogP contribution in [-0.2, 0) is 11.2 Å². The predicted octanol–water partition coefficient (Wildman–Crippen LogP) is 4.29. The third kappa shape index (κ3) is 2.97. The summed E-state index contributed by atoms with van der Waals surface area (Å²) in [6, 6.07) is 9.57. The molecular weight excluding hydrogens is 300 g/mol. The van der Waals surface area contributed by atoms with Crippen molar-refractivity contribution in [3.05, 3.63) is 53.3 Å². The molecule has 0 saturated carbocycles. The van der Waals surface area contributed by atoms with Gasteiger partial charge in [0, 0.05) is 40.3 Å². The third-order valence-corrected chi connectivity index (χ3v) is 3.87. The Labute approximate surface area is 132 Å². The van der Waals surface area contributed by atoms with Crippen LogP contribution in [0.15, 0.2) is 42.7 Å². The molecule has 4 nitrogen and oxygen atoms in total. The summed E-state index contributed by atoms with van der Waals surface area (Å²) in [6.07, 6.45) is 4.94. The Morgan fingerprint density at radius 2 is 2.18 bits per heavy atom. The number of aliphatic carboxylic acids is 1. The number of fused-ring (bicyclic) bond motifs is 1. The number of carboxylic acids is 1. The molecule has 2 heterocycles. The minimum Gasteiger partial charge on any atom is -0.481 e. The van der Waals surface area contributed by atoms with Crippen molar-refractivity contribution in [2.75, 3.05) is 0 Å². The first-order valence-electron chi connectivity index (χ1n) is 7.07. The molecule has 3 aromatic rings. The number of halogens is 1. The lowest BCUT2D eigenvalue weighted by atomic mass is 10.0. The van der Waals surface area contributed by atoms with E-state index in [-0.39, 0.29) is 6.42 Å². The molecule has 0 aliphatic carbocycles. The lowest BCUT2D eigenvalue weighted by Crippen LogP contribution is -1.96. The molecule has 0 spiro atoms. The molecule has 0 fully saturated rings. The quantitative estimate of drug-likeness (QED) is 0.738. The van der Waals surface area contributed by atoms with Gasteiger partial charge in [-0.2, -0.15) is 0 Å². The van der Waals surface area contributed by atoms with E-state index < -0.39 is 5.97 Å². The Balaban J connectivity index is 2.07. The standard InChI is InChI=1S/C17H15ClN2O2/c18-12-6-7-15-14(9-12)13(4-1-5-16(21)22)17(20-15)11-3-2-8-19-10-11/h2-3,6-10,20H,1,4-5H2,(H,21,22). The normalized spacial score (nSPS) is 11.0. The first kappa shape index (κ1) is 14.6. The van der Waals surface area contributed by atoms with Gasteiger partial charge in [-0.3, -0.25) is 9.78 Å². The molecule has 5 heteroatoms. The van der Waals surface area contributed by atoms with E-state index >= 15 is 0 Å². The first-order chi connectivity index (χ1) is 10.6. The molecule has 0 bridgehead atoms. The highest BCUT2D eigenvalue weighted by Crippen LogP contribution is 2.32. The molecule has 2 N–H and O–H groups in total. The van der Waals surface area contributed by atoms with Crippen LogP contribution in [0.25, 0.3) is 22.2 Å². The molecule has 1 aromatic carbocycles. The number of hydrogen-bond acceptors (Lipinski definition) is 2. The topological polar surface area (TPSA) is 66.0 Å². The molecule has 0 aliphatic rings. The minimum atomic E-state index is -0.777. The maximum atomic E-state index is 10.8. The van der Waals surface area contributed by atoms with Crippen LogP contribution in [0.1, 0.15) is 18.4 Å². The van der Waals surface area contributed by atoms with Gasteiger partial charge in [-0.1, -0.05) is 11.6 Å². The molecule has 0 atom stereocenters. The molecule has 2 aromatic heterocycles. The van der Waals surface area contributed by atoms with E-state index in [0.29, 0.717) is 17.9 Å². The largest absolute Gasteiger partial charge is 0.481 e. The van der Waals surface area contributed by atoms with Crippen molar-refractivity contribution in [2.45, 2.75) is 19.3 Å². The Hall–Kier alpha value is -2.33. The summed E-state index contributed by atoms with van der Waals surface area (Å²) in [6.45, 7) is 0. The van der Waals surface area contributed by atoms with Crippen molar-refractivity contribution in [2.24, 2.45) is 0 Å².